The van der Waals surface area contributed by atoms with Crippen molar-refractivity contribution in [1.29, 1.82) is 0 Å². The standard InChI is InChI=1S/C22H26N2O4S/c1-4-18-22(26)24(12-20(25)27-16-7-5-6-8-16)17-11-15(9-10-19(17)28-18)21-13(2)29-14(3)23-21/h9-11,16,18H,4-8,12H2,1-3H3. The van der Waals surface area contributed by atoms with Crippen LogP contribution in [0.5, 0.6) is 5.75 Å². The van der Waals surface area contributed by atoms with Gasteiger partial charge >= 0.3 is 5.97 Å². The van der Waals surface area contributed by atoms with Gasteiger partial charge in [0.15, 0.2) is 6.10 Å². The van der Waals surface area contributed by atoms with E-state index in [0.29, 0.717) is 17.9 Å². The zero-order valence-corrected chi connectivity index (χ0v) is 17.9. The largest absolute Gasteiger partial charge is 0.478 e. The maximum atomic E-state index is 13.0. The van der Waals surface area contributed by atoms with Gasteiger partial charge in [0.2, 0.25) is 0 Å². The van der Waals surface area contributed by atoms with Crippen LogP contribution in [0.1, 0.15) is 48.9 Å². The highest BCUT2D eigenvalue weighted by Crippen LogP contribution is 2.39. The molecule has 1 aliphatic carbocycles. The summed E-state index contributed by atoms with van der Waals surface area (Å²) in [5.41, 5.74) is 2.41. The second-order valence-electron chi connectivity index (χ2n) is 7.66. The lowest BCUT2D eigenvalue weighted by Gasteiger charge is -2.34. The zero-order chi connectivity index (χ0) is 20.5. The van der Waals surface area contributed by atoms with E-state index in [1.54, 1.807) is 11.3 Å². The lowest BCUT2D eigenvalue weighted by molar-refractivity contribution is -0.148. The molecule has 1 saturated carbocycles. The molecule has 154 valence electrons. The van der Waals surface area contributed by atoms with Crippen LogP contribution in [-0.4, -0.2) is 35.6 Å². The van der Waals surface area contributed by atoms with Gasteiger partial charge in [-0.05, 0) is 64.2 Å². The van der Waals surface area contributed by atoms with Crippen molar-refractivity contribution in [1.82, 2.24) is 4.98 Å². The molecule has 0 saturated heterocycles. The topological polar surface area (TPSA) is 68.7 Å². The molecule has 1 fully saturated rings. The number of hydrogen-bond donors (Lipinski definition) is 0. The third-order valence-corrected chi connectivity index (χ3v) is 6.38. The van der Waals surface area contributed by atoms with E-state index in [9.17, 15) is 9.59 Å². The number of esters is 1. The van der Waals surface area contributed by atoms with E-state index < -0.39 is 6.10 Å². The first kappa shape index (κ1) is 19.9. The number of hydrogen-bond acceptors (Lipinski definition) is 6. The van der Waals surface area contributed by atoms with Crippen LogP contribution in [-0.2, 0) is 14.3 Å². The Morgan fingerprint density at radius 3 is 2.72 bits per heavy atom. The summed E-state index contributed by atoms with van der Waals surface area (Å²) in [5.74, 6) is 0.0456. The molecule has 6 nitrogen and oxygen atoms in total. The number of fused-ring (bicyclic) bond motifs is 1. The van der Waals surface area contributed by atoms with Crippen molar-refractivity contribution in [2.24, 2.45) is 0 Å². The Bertz CT molecular complexity index is 933. The summed E-state index contributed by atoms with van der Waals surface area (Å²) >= 11 is 1.64. The number of benzene rings is 1. The van der Waals surface area contributed by atoms with Gasteiger partial charge in [-0.3, -0.25) is 14.5 Å². The van der Waals surface area contributed by atoms with Crippen LogP contribution in [0.15, 0.2) is 18.2 Å². The maximum absolute atomic E-state index is 13.0. The van der Waals surface area contributed by atoms with Crippen LogP contribution in [0.3, 0.4) is 0 Å². The summed E-state index contributed by atoms with van der Waals surface area (Å²) in [7, 11) is 0. The Morgan fingerprint density at radius 2 is 2.07 bits per heavy atom. The van der Waals surface area contributed by atoms with Crippen molar-refractivity contribution < 1.29 is 19.1 Å². The number of rotatable bonds is 5. The van der Waals surface area contributed by atoms with Gasteiger partial charge in [0.25, 0.3) is 5.91 Å². The lowest BCUT2D eigenvalue weighted by atomic mass is 10.1. The first-order chi connectivity index (χ1) is 14.0. The van der Waals surface area contributed by atoms with Crippen LogP contribution in [0, 0.1) is 13.8 Å². The molecule has 0 spiro atoms. The van der Waals surface area contributed by atoms with Crippen LogP contribution in [0.2, 0.25) is 0 Å². The van der Waals surface area contributed by atoms with Crippen molar-refractivity contribution in [2.45, 2.75) is 65.1 Å². The fraction of sp³-hybridized carbons (Fsp3) is 0.500. The van der Waals surface area contributed by atoms with Crippen LogP contribution in [0.25, 0.3) is 11.3 Å². The number of nitrogens with zero attached hydrogens (tertiary/aromatic N) is 2. The molecule has 1 aromatic carbocycles. The Kier molecular flexibility index (Phi) is 5.58. The summed E-state index contributed by atoms with van der Waals surface area (Å²) in [5, 5.41) is 0.991. The second kappa shape index (κ2) is 8.14. The average Bonchev–Trinajstić information content (AvgIpc) is 3.32. The number of ether oxygens (including phenoxy) is 2. The third-order valence-electron chi connectivity index (χ3n) is 5.50. The molecule has 1 atom stereocenters. The van der Waals surface area contributed by atoms with Crippen molar-refractivity contribution in [3.05, 3.63) is 28.1 Å². The van der Waals surface area contributed by atoms with Gasteiger partial charge in [0.05, 0.1) is 16.4 Å². The minimum absolute atomic E-state index is 0.0212. The first-order valence-electron chi connectivity index (χ1n) is 10.2. The summed E-state index contributed by atoms with van der Waals surface area (Å²) in [6.45, 7) is 5.81. The molecular weight excluding hydrogens is 388 g/mol. The number of thiazole rings is 1. The predicted octanol–water partition coefficient (Wildman–Crippen LogP) is 4.42. The Hall–Kier alpha value is -2.41. The molecule has 2 aliphatic rings. The van der Waals surface area contributed by atoms with E-state index in [1.807, 2.05) is 39.0 Å². The molecule has 0 radical (unpaired) electrons. The predicted molar refractivity (Wildman–Crippen MR) is 112 cm³/mol. The summed E-state index contributed by atoms with van der Waals surface area (Å²) < 4.78 is 11.5. The molecule has 1 aromatic heterocycles. The zero-order valence-electron chi connectivity index (χ0n) is 17.1. The highest BCUT2D eigenvalue weighted by Gasteiger charge is 2.35. The van der Waals surface area contributed by atoms with E-state index in [0.717, 1.165) is 46.8 Å². The van der Waals surface area contributed by atoms with E-state index in [2.05, 4.69) is 4.98 Å². The molecule has 4 rings (SSSR count). The van der Waals surface area contributed by atoms with Gasteiger partial charge in [0.1, 0.15) is 18.4 Å². The Balaban J connectivity index is 1.65. The number of anilines is 1. The number of aryl methyl sites for hydroxylation is 2. The highest BCUT2D eigenvalue weighted by molar-refractivity contribution is 7.11. The highest BCUT2D eigenvalue weighted by atomic mass is 32.1. The normalized spacial score (nSPS) is 19.2. The molecule has 1 aliphatic heterocycles. The molecular formula is C22H26N2O4S. The fourth-order valence-corrected chi connectivity index (χ4v) is 4.89. The minimum Gasteiger partial charge on any atom is -0.478 e. The van der Waals surface area contributed by atoms with Crippen LogP contribution >= 0.6 is 11.3 Å². The molecule has 29 heavy (non-hydrogen) atoms. The second-order valence-corrected chi connectivity index (χ2v) is 9.06. The Labute approximate surface area is 174 Å². The average molecular weight is 415 g/mol. The summed E-state index contributed by atoms with van der Waals surface area (Å²) in [6.07, 6.45) is 3.92. The van der Waals surface area contributed by atoms with Crippen molar-refractivity contribution in [3.63, 3.8) is 0 Å². The van der Waals surface area contributed by atoms with Gasteiger partial charge in [-0.2, -0.15) is 0 Å². The molecule has 0 bridgehead atoms. The number of aromatic nitrogens is 1. The minimum atomic E-state index is -0.587. The molecule has 2 aromatic rings. The van der Waals surface area contributed by atoms with E-state index >= 15 is 0 Å². The smallest absolute Gasteiger partial charge is 0.326 e. The maximum Gasteiger partial charge on any atom is 0.326 e. The number of amides is 1. The summed E-state index contributed by atoms with van der Waals surface area (Å²) in [6, 6.07) is 5.71. The number of carbonyl (C=O) groups is 2. The lowest BCUT2D eigenvalue weighted by Crippen LogP contribution is -2.48. The van der Waals surface area contributed by atoms with Gasteiger partial charge in [0, 0.05) is 10.4 Å². The first-order valence-corrected chi connectivity index (χ1v) is 11.0. The van der Waals surface area contributed by atoms with Gasteiger partial charge in [-0.15, -0.1) is 11.3 Å². The molecule has 1 amide bonds. The van der Waals surface area contributed by atoms with E-state index in [-0.39, 0.29) is 24.5 Å². The SMILES string of the molecule is CCC1Oc2ccc(-c3nc(C)sc3C)cc2N(CC(=O)OC2CCCC2)C1=O. The van der Waals surface area contributed by atoms with Crippen molar-refractivity contribution in [3.8, 4) is 17.0 Å². The van der Waals surface area contributed by atoms with Crippen LogP contribution in [0.4, 0.5) is 5.69 Å². The number of carbonyl (C=O) groups excluding carboxylic acids is 2. The third kappa shape index (κ3) is 4.01. The van der Waals surface area contributed by atoms with E-state index in [1.165, 1.54) is 4.90 Å². The molecule has 7 heteroatoms. The quantitative estimate of drug-likeness (QED) is 0.678. The molecule has 0 N–H and O–H groups in total. The van der Waals surface area contributed by atoms with Crippen molar-refractivity contribution in [2.75, 3.05) is 11.4 Å². The van der Waals surface area contributed by atoms with Crippen molar-refractivity contribution >= 4 is 28.9 Å². The monoisotopic (exact) mass is 414 g/mol. The van der Waals surface area contributed by atoms with Gasteiger partial charge < -0.3 is 9.47 Å². The summed E-state index contributed by atoms with van der Waals surface area (Å²) in [4.78, 5) is 32.8. The van der Waals surface area contributed by atoms with Gasteiger partial charge in [-0.25, -0.2) is 4.98 Å². The van der Waals surface area contributed by atoms with E-state index in [4.69, 9.17) is 9.47 Å². The van der Waals surface area contributed by atoms with Crippen LogP contribution < -0.4 is 9.64 Å². The Morgan fingerprint density at radius 1 is 1.31 bits per heavy atom. The fourth-order valence-electron chi connectivity index (χ4n) is 4.05. The van der Waals surface area contributed by atoms with Gasteiger partial charge in [-0.1, -0.05) is 6.92 Å². The molecule has 2 heterocycles. The molecule has 1 unspecified atom stereocenters.